The molecule has 1 atom stereocenters. The largest absolute Gasteiger partial charge is 0.493 e. The summed E-state index contributed by atoms with van der Waals surface area (Å²) in [7, 11) is 0.275. The highest BCUT2D eigenvalue weighted by Gasteiger charge is 2.32. The number of nitrogens with one attached hydrogen (secondary N) is 1. The first kappa shape index (κ1) is 23.1. The number of methoxy groups -OCH3 is 3. The Kier molecular flexibility index (Phi) is 7.04. The quantitative estimate of drug-likeness (QED) is 0.485. The molecular weight excluding hydrogens is 441 g/mol. The maximum absolute atomic E-state index is 13.3. The van der Waals surface area contributed by atoms with E-state index in [9.17, 15) is 17.6 Å². The number of hydrogen-bond acceptors (Lipinski definition) is 7. The van der Waals surface area contributed by atoms with Gasteiger partial charge >= 0.3 is 0 Å². The van der Waals surface area contributed by atoms with Gasteiger partial charge in [-0.05, 0) is 48.5 Å². The molecule has 32 heavy (non-hydrogen) atoms. The molecule has 2 aromatic carbocycles. The second-order valence-corrected chi connectivity index (χ2v) is 8.76. The summed E-state index contributed by atoms with van der Waals surface area (Å²) >= 11 is 0. The van der Waals surface area contributed by atoms with Crippen LogP contribution < -0.4 is 19.5 Å². The highest BCUT2D eigenvalue weighted by Crippen LogP contribution is 2.38. The lowest BCUT2D eigenvalue weighted by Crippen LogP contribution is -2.31. The van der Waals surface area contributed by atoms with Gasteiger partial charge in [0.25, 0.3) is 5.91 Å². The van der Waals surface area contributed by atoms with Gasteiger partial charge in [0.2, 0.25) is 5.75 Å². The number of carbonyl (C=O) groups excluding carboxylic acids is 1. The molecule has 8 nitrogen and oxygen atoms in total. The third kappa shape index (κ3) is 4.70. The van der Waals surface area contributed by atoms with Crippen molar-refractivity contribution in [2.24, 2.45) is 0 Å². The lowest BCUT2D eigenvalue weighted by Gasteiger charge is -2.18. The molecule has 0 bridgehead atoms. The Morgan fingerprint density at radius 3 is 2.16 bits per heavy atom. The van der Waals surface area contributed by atoms with Crippen molar-refractivity contribution in [2.75, 3.05) is 27.9 Å². The zero-order chi connectivity index (χ0) is 23.3. The first-order valence-corrected chi connectivity index (χ1v) is 11.0. The van der Waals surface area contributed by atoms with E-state index in [4.69, 9.17) is 18.6 Å². The van der Waals surface area contributed by atoms with Crippen LogP contribution in [0.2, 0.25) is 0 Å². The number of carbonyl (C=O) groups is 1. The molecule has 0 spiro atoms. The second kappa shape index (κ2) is 9.73. The minimum absolute atomic E-state index is 0.0951. The number of benzene rings is 2. The van der Waals surface area contributed by atoms with Crippen molar-refractivity contribution in [1.29, 1.82) is 0 Å². The van der Waals surface area contributed by atoms with E-state index >= 15 is 0 Å². The predicted octanol–water partition coefficient (Wildman–Crippen LogP) is 3.39. The third-order valence-electron chi connectivity index (χ3n) is 4.75. The Balaban J connectivity index is 1.89. The van der Waals surface area contributed by atoms with E-state index in [-0.39, 0.29) is 34.3 Å². The van der Waals surface area contributed by atoms with E-state index in [1.54, 1.807) is 6.07 Å². The zero-order valence-electron chi connectivity index (χ0n) is 17.6. The normalized spacial score (nSPS) is 12.1. The molecule has 0 saturated carbocycles. The van der Waals surface area contributed by atoms with Crippen LogP contribution in [0, 0.1) is 5.82 Å². The van der Waals surface area contributed by atoms with Crippen molar-refractivity contribution in [2.45, 2.75) is 10.1 Å². The van der Waals surface area contributed by atoms with Gasteiger partial charge in [0.1, 0.15) is 16.8 Å². The van der Waals surface area contributed by atoms with E-state index < -0.39 is 26.8 Å². The number of hydrogen-bond donors (Lipinski definition) is 1. The van der Waals surface area contributed by atoms with Gasteiger partial charge in [0, 0.05) is 12.1 Å². The summed E-state index contributed by atoms with van der Waals surface area (Å²) in [5, 5.41) is 1.38. The van der Waals surface area contributed by atoms with Crippen LogP contribution in [0.5, 0.6) is 17.2 Å². The Morgan fingerprint density at radius 1 is 1.03 bits per heavy atom. The highest BCUT2D eigenvalue weighted by molar-refractivity contribution is 7.91. The number of halogens is 1. The fourth-order valence-corrected chi connectivity index (χ4v) is 4.71. The smallest absolute Gasteiger partial charge is 0.251 e. The number of furan rings is 1. The molecule has 3 rings (SSSR count). The highest BCUT2D eigenvalue weighted by atomic mass is 32.2. The maximum atomic E-state index is 13.3. The average molecular weight is 463 g/mol. The van der Waals surface area contributed by atoms with Crippen molar-refractivity contribution in [3.05, 3.63) is 71.9 Å². The van der Waals surface area contributed by atoms with E-state index in [0.29, 0.717) is 5.75 Å². The molecule has 170 valence electrons. The SMILES string of the molecule is COc1cc(C(=O)NC[C@@H](c2ccco2)S(=O)(=O)c2ccc(F)cc2)cc(OC)c1OC. The van der Waals surface area contributed by atoms with Gasteiger partial charge in [0.05, 0.1) is 32.5 Å². The Labute approximate surface area is 184 Å². The number of amides is 1. The minimum Gasteiger partial charge on any atom is -0.493 e. The molecule has 0 aliphatic rings. The molecule has 0 unspecified atom stereocenters. The average Bonchev–Trinajstić information content (AvgIpc) is 3.32. The van der Waals surface area contributed by atoms with Gasteiger partial charge in [-0.15, -0.1) is 0 Å². The number of rotatable bonds is 9. The van der Waals surface area contributed by atoms with Gasteiger partial charge < -0.3 is 23.9 Å². The van der Waals surface area contributed by atoms with Gasteiger partial charge in [0.15, 0.2) is 21.3 Å². The van der Waals surface area contributed by atoms with Crippen molar-refractivity contribution in [3.8, 4) is 17.2 Å². The summed E-state index contributed by atoms with van der Waals surface area (Å²) in [4.78, 5) is 12.7. The second-order valence-electron chi connectivity index (χ2n) is 6.63. The Morgan fingerprint density at radius 2 is 1.66 bits per heavy atom. The van der Waals surface area contributed by atoms with Crippen molar-refractivity contribution < 1.29 is 36.2 Å². The van der Waals surface area contributed by atoms with Crippen molar-refractivity contribution in [1.82, 2.24) is 5.32 Å². The molecule has 10 heteroatoms. The van der Waals surface area contributed by atoms with Crippen LogP contribution >= 0.6 is 0 Å². The summed E-state index contributed by atoms with van der Waals surface area (Å²) in [5.41, 5.74) is 0.178. The van der Waals surface area contributed by atoms with Crippen LogP contribution in [0.25, 0.3) is 0 Å². The van der Waals surface area contributed by atoms with E-state index in [1.807, 2.05) is 0 Å². The molecular formula is C22H22FNO7S. The summed E-state index contributed by atoms with van der Waals surface area (Å²) in [6.45, 7) is -0.289. The molecule has 1 N–H and O–H groups in total. The molecule has 0 fully saturated rings. The maximum Gasteiger partial charge on any atom is 0.251 e. The zero-order valence-corrected chi connectivity index (χ0v) is 18.4. The summed E-state index contributed by atoms with van der Waals surface area (Å²) in [6, 6.07) is 10.4. The van der Waals surface area contributed by atoms with E-state index in [0.717, 1.165) is 12.1 Å². The summed E-state index contributed by atoms with van der Waals surface area (Å²) < 4.78 is 60.7. The molecule has 1 aromatic heterocycles. The van der Waals surface area contributed by atoms with Crippen LogP contribution in [0.15, 0.2) is 64.1 Å². The van der Waals surface area contributed by atoms with Gasteiger partial charge in [-0.3, -0.25) is 4.79 Å². The Hall–Kier alpha value is -3.53. The first-order valence-electron chi connectivity index (χ1n) is 9.43. The molecule has 0 radical (unpaired) electrons. The molecule has 0 saturated heterocycles. The molecule has 0 aliphatic carbocycles. The van der Waals surface area contributed by atoms with E-state index in [2.05, 4.69) is 5.32 Å². The first-order chi connectivity index (χ1) is 15.3. The standard InChI is InChI=1S/C22H22FNO7S/c1-28-18-11-14(12-19(29-2)21(18)30-3)22(25)24-13-20(17-5-4-10-31-17)32(26,27)16-8-6-15(23)7-9-16/h4-12,20H,13H2,1-3H3,(H,24,25)/t20-/m0/s1. The fourth-order valence-electron chi connectivity index (χ4n) is 3.13. The summed E-state index contributed by atoms with van der Waals surface area (Å²) in [5.74, 6) is -0.111. The molecule has 3 aromatic rings. The van der Waals surface area contributed by atoms with Crippen LogP contribution in [0.1, 0.15) is 21.4 Å². The van der Waals surface area contributed by atoms with Gasteiger partial charge in [-0.25, -0.2) is 12.8 Å². The van der Waals surface area contributed by atoms with Crippen LogP contribution in [-0.2, 0) is 9.84 Å². The van der Waals surface area contributed by atoms with E-state index in [1.165, 1.54) is 57.9 Å². The molecule has 0 aliphatic heterocycles. The Bertz CT molecular complexity index is 1150. The fraction of sp³-hybridized carbons (Fsp3) is 0.227. The number of sulfone groups is 1. The minimum atomic E-state index is -4.00. The van der Waals surface area contributed by atoms with Crippen LogP contribution in [-0.4, -0.2) is 42.2 Å². The van der Waals surface area contributed by atoms with Crippen molar-refractivity contribution in [3.63, 3.8) is 0 Å². The van der Waals surface area contributed by atoms with Gasteiger partial charge in [-0.2, -0.15) is 0 Å². The van der Waals surface area contributed by atoms with Crippen LogP contribution in [0.4, 0.5) is 4.39 Å². The monoisotopic (exact) mass is 463 g/mol. The van der Waals surface area contributed by atoms with Gasteiger partial charge in [-0.1, -0.05) is 0 Å². The lowest BCUT2D eigenvalue weighted by atomic mass is 10.1. The van der Waals surface area contributed by atoms with Crippen molar-refractivity contribution >= 4 is 15.7 Å². The lowest BCUT2D eigenvalue weighted by molar-refractivity contribution is 0.0952. The summed E-state index contributed by atoms with van der Waals surface area (Å²) in [6.07, 6.45) is 1.34. The third-order valence-corrected chi connectivity index (χ3v) is 6.83. The molecule has 1 amide bonds. The molecule has 1 heterocycles. The van der Waals surface area contributed by atoms with Crippen LogP contribution in [0.3, 0.4) is 0 Å². The predicted molar refractivity (Wildman–Crippen MR) is 113 cm³/mol. The topological polar surface area (TPSA) is 104 Å². The number of ether oxygens (including phenoxy) is 3.